The number of carbonyl (C=O) groups excluding carboxylic acids is 2. The van der Waals surface area contributed by atoms with E-state index in [1.165, 1.54) is 0 Å². The van der Waals surface area contributed by atoms with Gasteiger partial charge in [0, 0.05) is 30.4 Å². The number of amides is 2. The molecule has 156 valence electrons. The van der Waals surface area contributed by atoms with E-state index in [4.69, 9.17) is 0 Å². The van der Waals surface area contributed by atoms with Gasteiger partial charge in [0.25, 0.3) is 0 Å². The van der Waals surface area contributed by atoms with E-state index < -0.39 is 0 Å². The van der Waals surface area contributed by atoms with Crippen LogP contribution in [0.25, 0.3) is 16.9 Å². The second-order valence-corrected chi connectivity index (χ2v) is 7.58. The van der Waals surface area contributed by atoms with E-state index >= 15 is 0 Å². The van der Waals surface area contributed by atoms with Crippen molar-refractivity contribution in [1.29, 1.82) is 0 Å². The molecular weight excluding hydrogens is 376 g/mol. The predicted octanol–water partition coefficient (Wildman–Crippen LogP) is 4.37. The van der Waals surface area contributed by atoms with Crippen molar-refractivity contribution >= 4 is 17.8 Å². The number of carbonyl (C=O) groups is 2. The molecular formula is C24H28N4O2. The van der Waals surface area contributed by atoms with Gasteiger partial charge >= 0.3 is 0 Å². The number of nitrogens with one attached hydrogen (secondary N) is 1. The Morgan fingerprint density at radius 2 is 1.67 bits per heavy atom. The van der Waals surface area contributed by atoms with Crippen molar-refractivity contribution in [2.75, 3.05) is 18.4 Å². The zero-order valence-corrected chi connectivity index (χ0v) is 17.7. The molecule has 6 heteroatoms. The number of anilines is 1. The third-order valence-electron chi connectivity index (χ3n) is 4.71. The standard InChI is InChI=1S/C24H28N4O2/c1-4-27(23(30)15-18(2)3)17-22(29)26-24-25-21(19-11-7-5-8-12-19)16-28(24)20-13-9-6-10-14-20/h5-14,16,18H,4,15,17H2,1-3H3,(H,25,26,29). The van der Waals surface area contributed by atoms with E-state index in [2.05, 4.69) is 10.3 Å². The van der Waals surface area contributed by atoms with Gasteiger partial charge < -0.3 is 4.90 Å². The fourth-order valence-corrected chi connectivity index (χ4v) is 3.19. The topological polar surface area (TPSA) is 67.2 Å². The quantitative estimate of drug-likeness (QED) is 0.606. The summed E-state index contributed by atoms with van der Waals surface area (Å²) < 4.78 is 1.85. The maximum absolute atomic E-state index is 12.7. The van der Waals surface area contributed by atoms with Crippen LogP contribution in [-0.4, -0.2) is 39.4 Å². The van der Waals surface area contributed by atoms with Crippen molar-refractivity contribution in [3.05, 3.63) is 66.9 Å². The molecule has 0 bridgehead atoms. The van der Waals surface area contributed by atoms with Gasteiger partial charge in [-0.3, -0.25) is 19.5 Å². The summed E-state index contributed by atoms with van der Waals surface area (Å²) in [4.78, 5) is 31.3. The molecule has 0 aliphatic carbocycles. The van der Waals surface area contributed by atoms with E-state index in [9.17, 15) is 9.59 Å². The molecule has 6 nitrogen and oxygen atoms in total. The molecule has 0 unspecified atom stereocenters. The van der Waals surface area contributed by atoms with Crippen LogP contribution in [0.4, 0.5) is 5.95 Å². The highest BCUT2D eigenvalue weighted by atomic mass is 16.2. The Morgan fingerprint density at radius 3 is 2.27 bits per heavy atom. The number of likely N-dealkylation sites (N-methyl/N-ethyl adjacent to an activating group) is 1. The minimum absolute atomic E-state index is 0.00434. The lowest BCUT2D eigenvalue weighted by Gasteiger charge is -2.21. The van der Waals surface area contributed by atoms with E-state index in [1.807, 2.05) is 92.2 Å². The number of benzene rings is 2. The number of hydrogen-bond acceptors (Lipinski definition) is 3. The summed E-state index contributed by atoms with van der Waals surface area (Å²) in [5, 5.41) is 2.89. The molecule has 3 rings (SSSR count). The molecule has 0 fully saturated rings. The summed E-state index contributed by atoms with van der Waals surface area (Å²) in [7, 11) is 0. The Kier molecular flexibility index (Phi) is 7.01. The molecule has 0 radical (unpaired) electrons. The van der Waals surface area contributed by atoms with E-state index in [0.717, 1.165) is 16.9 Å². The van der Waals surface area contributed by atoms with Crippen LogP contribution in [-0.2, 0) is 9.59 Å². The minimum Gasteiger partial charge on any atom is -0.334 e. The van der Waals surface area contributed by atoms with Crippen molar-refractivity contribution in [2.45, 2.75) is 27.2 Å². The van der Waals surface area contributed by atoms with Crippen molar-refractivity contribution in [1.82, 2.24) is 14.5 Å². The highest BCUT2D eigenvalue weighted by Gasteiger charge is 2.19. The Hall–Kier alpha value is -3.41. The molecule has 1 aromatic heterocycles. The van der Waals surface area contributed by atoms with Gasteiger partial charge in [0.2, 0.25) is 17.8 Å². The summed E-state index contributed by atoms with van der Waals surface area (Å²) in [6, 6.07) is 19.5. The van der Waals surface area contributed by atoms with Crippen LogP contribution in [0, 0.1) is 5.92 Å². The first kappa shape index (κ1) is 21.3. The first-order valence-electron chi connectivity index (χ1n) is 10.3. The van der Waals surface area contributed by atoms with Gasteiger partial charge in [0.05, 0.1) is 12.2 Å². The molecule has 0 aliphatic rings. The van der Waals surface area contributed by atoms with Gasteiger partial charge in [-0.1, -0.05) is 62.4 Å². The van der Waals surface area contributed by atoms with Crippen molar-refractivity contribution in [3.8, 4) is 16.9 Å². The SMILES string of the molecule is CCN(CC(=O)Nc1nc(-c2ccccc2)cn1-c1ccccc1)C(=O)CC(C)C. The maximum atomic E-state index is 12.7. The summed E-state index contributed by atoms with van der Waals surface area (Å²) in [5.74, 6) is 0.396. The van der Waals surface area contributed by atoms with Crippen LogP contribution in [0.1, 0.15) is 27.2 Å². The monoisotopic (exact) mass is 404 g/mol. The van der Waals surface area contributed by atoms with E-state index in [-0.39, 0.29) is 24.3 Å². The largest absolute Gasteiger partial charge is 0.334 e. The molecule has 0 atom stereocenters. The van der Waals surface area contributed by atoms with Crippen LogP contribution >= 0.6 is 0 Å². The van der Waals surface area contributed by atoms with Crippen LogP contribution in [0.5, 0.6) is 0 Å². The maximum Gasteiger partial charge on any atom is 0.246 e. The lowest BCUT2D eigenvalue weighted by molar-refractivity contribution is -0.135. The van der Waals surface area contributed by atoms with Crippen molar-refractivity contribution in [2.24, 2.45) is 5.92 Å². The van der Waals surface area contributed by atoms with Crippen LogP contribution in [0.15, 0.2) is 66.9 Å². The molecule has 0 aliphatic heterocycles. The van der Waals surface area contributed by atoms with Crippen LogP contribution < -0.4 is 5.32 Å². The van der Waals surface area contributed by atoms with Gasteiger partial charge in [0.15, 0.2) is 0 Å². The zero-order chi connectivity index (χ0) is 21.5. The fourth-order valence-electron chi connectivity index (χ4n) is 3.19. The normalized spacial score (nSPS) is 10.8. The predicted molar refractivity (Wildman–Crippen MR) is 119 cm³/mol. The van der Waals surface area contributed by atoms with Crippen molar-refractivity contribution < 1.29 is 9.59 Å². The number of rotatable bonds is 8. The van der Waals surface area contributed by atoms with Gasteiger partial charge in [-0.25, -0.2) is 4.98 Å². The Morgan fingerprint density at radius 1 is 1.03 bits per heavy atom. The molecule has 0 saturated heterocycles. The first-order chi connectivity index (χ1) is 14.5. The average molecular weight is 405 g/mol. The molecule has 0 saturated carbocycles. The Balaban J connectivity index is 1.84. The lowest BCUT2D eigenvalue weighted by atomic mass is 10.1. The highest BCUT2D eigenvalue weighted by molar-refractivity contribution is 5.93. The van der Waals surface area contributed by atoms with Gasteiger partial charge in [-0.05, 0) is 25.0 Å². The minimum atomic E-state index is -0.267. The third kappa shape index (κ3) is 5.35. The van der Waals surface area contributed by atoms with Crippen LogP contribution in [0.3, 0.4) is 0 Å². The van der Waals surface area contributed by atoms with E-state index in [0.29, 0.717) is 18.9 Å². The molecule has 3 aromatic rings. The molecule has 1 heterocycles. The smallest absolute Gasteiger partial charge is 0.246 e. The Bertz CT molecular complexity index is 981. The fraction of sp³-hybridized carbons (Fsp3) is 0.292. The van der Waals surface area contributed by atoms with E-state index in [1.54, 1.807) is 4.90 Å². The zero-order valence-electron chi connectivity index (χ0n) is 17.7. The highest BCUT2D eigenvalue weighted by Crippen LogP contribution is 2.24. The average Bonchev–Trinajstić information content (AvgIpc) is 3.16. The van der Waals surface area contributed by atoms with Gasteiger partial charge in [-0.2, -0.15) is 0 Å². The lowest BCUT2D eigenvalue weighted by Crippen LogP contribution is -2.38. The number of imidazole rings is 1. The van der Waals surface area contributed by atoms with Gasteiger partial charge in [0.1, 0.15) is 0 Å². The second-order valence-electron chi connectivity index (χ2n) is 7.58. The molecule has 0 spiro atoms. The molecule has 2 amide bonds. The number of nitrogens with zero attached hydrogens (tertiary/aromatic N) is 3. The van der Waals surface area contributed by atoms with Gasteiger partial charge in [-0.15, -0.1) is 0 Å². The summed E-state index contributed by atoms with van der Waals surface area (Å²) in [6.45, 7) is 6.36. The Labute approximate surface area is 177 Å². The number of aromatic nitrogens is 2. The number of hydrogen-bond donors (Lipinski definition) is 1. The third-order valence-corrected chi connectivity index (χ3v) is 4.71. The second kappa shape index (κ2) is 9.87. The molecule has 30 heavy (non-hydrogen) atoms. The molecule has 2 aromatic carbocycles. The first-order valence-corrected chi connectivity index (χ1v) is 10.3. The van der Waals surface area contributed by atoms with Crippen LogP contribution in [0.2, 0.25) is 0 Å². The number of para-hydroxylation sites is 1. The molecule has 1 N–H and O–H groups in total. The summed E-state index contributed by atoms with van der Waals surface area (Å²) in [6.07, 6.45) is 2.33. The summed E-state index contributed by atoms with van der Waals surface area (Å²) in [5.41, 5.74) is 2.62. The summed E-state index contributed by atoms with van der Waals surface area (Å²) >= 11 is 0. The van der Waals surface area contributed by atoms with Crippen molar-refractivity contribution in [3.63, 3.8) is 0 Å².